The molecule has 0 radical (unpaired) electrons. The summed E-state index contributed by atoms with van der Waals surface area (Å²) in [6, 6.07) is 0. The van der Waals surface area contributed by atoms with Crippen molar-refractivity contribution in [1.29, 1.82) is 0 Å². The zero-order valence-corrected chi connectivity index (χ0v) is 9.55. The lowest BCUT2D eigenvalue weighted by Crippen LogP contribution is -2.10. The molecule has 0 aliphatic heterocycles. The summed E-state index contributed by atoms with van der Waals surface area (Å²) in [6.07, 6.45) is 1.10. The van der Waals surface area contributed by atoms with E-state index in [2.05, 4.69) is 6.58 Å². The maximum Gasteiger partial charge on any atom is 0.333 e. The van der Waals surface area contributed by atoms with Gasteiger partial charge < -0.3 is 4.74 Å². The normalized spacial score (nSPS) is 11.1. The minimum atomic E-state index is -3.96. The highest BCUT2D eigenvalue weighted by Crippen LogP contribution is 2.06. The van der Waals surface area contributed by atoms with Gasteiger partial charge in [-0.2, -0.15) is 8.42 Å². The highest BCUT2D eigenvalue weighted by atomic mass is 32.2. The molecule has 0 saturated carbocycles. The van der Waals surface area contributed by atoms with Crippen molar-refractivity contribution in [3.05, 3.63) is 12.2 Å². The van der Waals surface area contributed by atoms with E-state index in [-0.39, 0.29) is 24.2 Å². The van der Waals surface area contributed by atoms with Crippen molar-refractivity contribution in [3.8, 4) is 0 Å². The van der Waals surface area contributed by atoms with E-state index in [9.17, 15) is 13.2 Å². The van der Waals surface area contributed by atoms with Crippen molar-refractivity contribution < 1.29 is 22.5 Å². The largest absolute Gasteiger partial charge is 0.462 e. The first-order chi connectivity index (χ1) is 6.87. The van der Waals surface area contributed by atoms with E-state index in [0.717, 1.165) is 6.42 Å². The third kappa shape index (κ3) is 8.14. The fourth-order valence-corrected chi connectivity index (χ4v) is 1.38. The molecule has 1 N–H and O–H groups in total. The van der Waals surface area contributed by atoms with Gasteiger partial charge in [-0.15, -0.1) is 0 Å². The Kier molecular flexibility index (Phi) is 6.19. The van der Waals surface area contributed by atoms with E-state index in [4.69, 9.17) is 9.29 Å². The van der Waals surface area contributed by atoms with E-state index < -0.39 is 16.1 Å². The molecule has 15 heavy (non-hydrogen) atoms. The highest BCUT2D eigenvalue weighted by molar-refractivity contribution is 7.85. The quantitative estimate of drug-likeness (QED) is 0.407. The van der Waals surface area contributed by atoms with Crippen molar-refractivity contribution in [3.63, 3.8) is 0 Å². The minimum Gasteiger partial charge on any atom is -0.462 e. The van der Waals surface area contributed by atoms with Crippen LogP contribution in [0.1, 0.15) is 26.2 Å². The van der Waals surface area contributed by atoms with Gasteiger partial charge in [-0.05, 0) is 19.3 Å². The van der Waals surface area contributed by atoms with Gasteiger partial charge in [0.05, 0.1) is 12.4 Å². The van der Waals surface area contributed by atoms with E-state index in [1.807, 2.05) is 6.92 Å². The van der Waals surface area contributed by atoms with E-state index in [0.29, 0.717) is 6.61 Å². The number of hydrogen-bond donors (Lipinski definition) is 1. The van der Waals surface area contributed by atoms with Gasteiger partial charge in [-0.1, -0.05) is 13.5 Å². The fraction of sp³-hybridized carbons (Fsp3) is 0.667. The number of rotatable bonds is 7. The van der Waals surface area contributed by atoms with Crippen LogP contribution in [0, 0.1) is 0 Å². The zero-order valence-electron chi connectivity index (χ0n) is 8.73. The first kappa shape index (κ1) is 14.1. The molecule has 0 saturated heterocycles. The molecule has 0 aromatic carbocycles. The lowest BCUT2D eigenvalue weighted by molar-refractivity contribution is -0.139. The Morgan fingerprint density at radius 1 is 1.47 bits per heavy atom. The topological polar surface area (TPSA) is 80.7 Å². The van der Waals surface area contributed by atoms with Crippen LogP contribution in [0.3, 0.4) is 0 Å². The summed E-state index contributed by atoms with van der Waals surface area (Å²) in [7, 11) is -3.96. The molecular formula is C9H16O5S. The Bertz CT molecular complexity index is 317. The maximum absolute atomic E-state index is 11.1. The van der Waals surface area contributed by atoms with Crippen LogP contribution in [0.2, 0.25) is 0 Å². The average Bonchev–Trinajstić information content (AvgIpc) is 2.11. The number of hydrogen-bond acceptors (Lipinski definition) is 4. The van der Waals surface area contributed by atoms with Gasteiger partial charge in [0.25, 0.3) is 10.1 Å². The van der Waals surface area contributed by atoms with Gasteiger partial charge >= 0.3 is 5.97 Å². The van der Waals surface area contributed by atoms with Crippen LogP contribution in [0.15, 0.2) is 12.2 Å². The van der Waals surface area contributed by atoms with Crippen molar-refractivity contribution >= 4 is 16.1 Å². The predicted octanol–water partition coefficient (Wildman–Crippen LogP) is 1.16. The molecule has 0 fully saturated rings. The first-order valence-corrected chi connectivity index (χ1v) is 6.27. The Balaban J connectivity index is 3.79. The first-order valence-electron chi connectivity index (χ1n) is 4.67. The molecule has 0 heterocycles. The standard InChI is InChI=1S/C9H16O5S/c1-3-6-14-9(10)8(2)5-4-7-15(11,12)13/h2-7H2,1H3,(H,11,12,13). The molecule has 5 nitrogen and oxygen atoms in total. The van der Waals surface area contributed by atoms with Crippen LogP contribution in [-0.4, -0.2) is 31.3 Å². The lowest BCUT2D eigenvalue weighted by atomic mass is 10.2. The van der Waals surface area contributed by atoms with Gasteiger partial charge in [0.1, 0.15) is 0 Å². The molecular weight excluding hydrogens is 220 g/mol. The van der Waals surface area contributed by atoms with Gasteiger partial charge in [0.15, 0.2) is 0 Å². The average molecular weight is 236 g/mol. The Hall–Kier alpha value is -0.880. The predicted molar refractivity (Wildman–Crippen MR) is 56.0 cm³/mol. The monoisotopic (exact) mass is 236 g/mol. The molecule has 0 spiro atoms. The van der Waals surface area contributed by atoms with Crippen LogP contribution in [0.25, 0.3) is 0 Å². The highest BCUT2D eigenvalue weighted by Gasteiger charge is 2.10. The summed E-state index contributed by atoms with van der Waals surface area (Å²) < 4.78 is 34.0. The third-order valence-corrected chi connectivity index (χ3v) is 2.41. The van der Waals surface area contributed by atoms with Gasteiger partial charge in [-0.25, -0.2) is 4.79 Å². The van der Waals surface area contributed by atoms with Crippen molar-refractivity contribution in [2.75, 3.05) is 12.4 Å². The second kappa shape index (κ2) is 6.58. The number of carbonyl (C=O) groups excluding carboxylic acids is 1. The van der Waals surface area contributed by atoms with Crippen molar-refractivity contribution in [1.82, 2.24) is 0 Å². The van der Waals surface area contributed by atoms with E-state index in [1.165, 1.54) is 0 Å². The summed E-state index contributed by atoms with van der Waals surface area (Å²) in [5, 5.41) is 0. The van der Waals surface area contributed by atoms with Crippen molar-refractivity contribution in [2.45, 2.75) is 26.2 Å². The molecule has 0 atom stereocenters. The zero-order chi connectivity index (χ0) is 11.9. The van der Waals surface area contributed by atoms with Crippen LogP contribution in [-0.2, 0) is 19.6 Å². The number of carbonyl (C=O) groups is 1. The lowest BCUT2D eigenvalue weighted by Gasteiger charge is -2.05. The molecule has 88 valence electrons. The second-order valence-corrected chi connectivity index (χ2v) is 4.70. The summed E-state index contributed by atoms with van der Waals surface area (Å²) in [4.78, 5) is 11.1. The number of ether oxygens (including phenoxy) is 1. The van der Waals surface area contributed by atoms with Gasteiger partial charge in [0, 0.05) is 5.57 Å². The fourth-order valence-electron chi connectivity index (χ4n) is 0.867. The molecule has 0 bridgehead atoms. The van der Waals surface area contributed by atoms with Crippen LogP contribution in [0.4, 0.5) is 0 Å². The molecule has 0 unspecified atom stereocenters. The molecule has 0 aromatic rings. The summed E-state index contributed by atoms with van der Waals surface area (Å²) in [6.45, 7) is 5.68. The molecule has 6 heteroatoms. The van der Waals surface area contributed by atoms with Crippen LogP contribution in [0.5, 0.6) is 0 Å². The molecule has 0 aliphatic rings. The van der Waals surface area contributed by atoms with Gasteiger partial charge in [-0.3, -0.25) is 4.55 Å². The summed E-state index contributed by atoms with van der Waals surface area (Å²) >= 11 is 0. The Morgan fingerprint density at radius 3 is 2.53 bits per heavy atom. The smallest absolute Gasteiger partial charge is 0.333 e. The minimum absolute atomic E-state index is 0.166. The molecule has 0 amide bonds. The summed E-state index contributed by atoms with van der Waals surface area (Å²) in [5.74, 6) is -0.875. The molecule has 0 aliphatic carbocycles. The SMILES string of the molecule is C=C(CCCS(=O)(=O)O)C(=O)OCCC. The maximum atomic E-state index is 11.1. The van der Waals surface area contributed by atoms with E-state index in [1.54, 1.807) is 0 Å². The van der Waals surface area contributed by atoms with Crippen LogP contribution < -0.4 is 0 Å². The Labute approximate surface area is 89.9 Å². The Morgan fingerprint density at radius 2 is 2.07 bits per heavy atom. The van der Waals surface area contributed by atoms with E-state index >= 15 is 0 Å². The molecule has 0 aromatic heterocycles. The van der Waals surface area contributed by atoms with Gasteiger partial charge in [0.2, 0.25) is 0 Å². The molecule has 0 rings (SSSR count). The third-order valence-electron chi connectivity index (χ3n) is 1.61. The van der Waals surface area contributed by atoms with Crippen molar-refractivity contribution in [2.24, 2.45) is 0 Å². The number of esters is 1. The summed E-state index contributed by atoms with van der Waals surface area (Å²) in [5.41, 5.74) is 0.229. The second-order valence-electron chi connectivity index (χ2n) is 3.13. The van der Waals surface area contributed by atoms with Crippen LogP contribution >= 0.6 is 0 Å².